The fraction of sp³-hybridized carbons (Fsp3) is 0.714. The predicted molar refractivity (Wildman–Crippen MR) is 50.0 cm³/mol. The summed E-state index contributed by atoms with van der Waals surface area (Å²) in [6.07, 6.45) is 0.455. The molecule has 1 aromatic rings. The van der Waals surface area contributed by atoms with Gasteiger partial charge in [0.15, 0.2) is 4.60 Å². The van der Waals surface area contributed by atoms with E-state index in [1.54, 1.807) is 7.05 Å². The van der Waals surface area contributed by atoms with Crippen LogP contribution in [0.4, 0.5) is 0 Å². The first kappa shape index (κ1) is 10.6. The van der Waals surface area contributed by atoms with Gasteiger partial charge in [-0.05, 0) is 28.8 Å². The maximum Gasteiger partial charge on any atom is 0.154 e. The van der Waals surface area contributed by atoms with Gasteiger partial charge in [0.25, 0.3) is 0 Å². The minimum Gasteiger partial charge on any atom is -0.396 e. The summed E-state index contributed by atoms with van der Waals surface area (Å²) in [6, 6.07) is 0. The molecule has 0 radical (unpaired) electrons. The van der Waals surface area contributed by atoms with Gasteiger partial charge in [-0.15, -0.1) is 5.10 Å². The lowest BCUT2D eigenvalue weighted by Crippen LogP contribution is -2.06. The second kappa shape index (κ2) is 4.69. The number of hydrogen-bond acceptors (Lipinski definition) is 4. The number of aliphatic hydroxyl groups is 2. The van der Waals surface area contributed by atoms with Gasteiger partial charge in [-0.25, -0.2) is 4.68 Å². The van der Waals surface area contributed by atoms with Gasteiger partial charge in [0.2, 0.25) is 0 Å². The quantitative estimate of drug-likeness (QED) is 0.810. The Kier molecular flexibility index (Phi) is 3.83. The number of nitrogens with zero attached hydrogens (tertiary/aromatic N) is 3. The van der Waals surface area contributed by atoms with E-state index >= 15 is 0 Å². The van der Waals surface area contributed by atoms with Crippen LogP contribution in [-0.4, -0.2) is 31.8 Å². The number of aliphatic hydroxyl groups excluding tert-OH is 2. The molecular weight excluding hydrogens is 238 g/mol. The van der Waals surface area contributed by atoms with Crippen molar-refractivity contribution >= 4 is 15.9 Å². The Bertz CT molecular complexity index is 257. The Morgan fingerprint density at radius 3 is 2.77 bits per heavy atom. The largest absolute Gasteiger partial charge is 0.396 e. The monoisotopic (exact) mass is 249 g/mol. The standard InChI is InChI=1S/C7H12BrN3O2/c1-11-6(7(8)9-10-11)5(13)3-2-4-12/h5,12-13H,2-4H2,1H3. The van der Waals surface area contributed by atoms with Crippen LogP contribution in [-0.2, 0) is 7.05 Å². The molecule has 0 amide bonds. The van der Waals surface area contributed by atoms with E-state index in [9.17, 15) is 5.11 Å². The van der Waals surface area contributed by atoms with Gasteiger partial charge in [0.1, 0.15) is 5.69 Å². The zero-order valence-electron chi connectivity index (χ0n) is 7.31. The number of aryl methyl sites for hydroxylation is 1. The molecule has 0 fully saturated rings. The van der Waals surface area contributed by atoms with Crippen molar-refractivity contribution in [1.29, 1.82) is 0 Å². The van der Waals surface area contributed by atoms with E-state index in [0.29, 0.717) is 23.1 Å². The van der Waals surface area contributed by atoms with E-state index in [4.69, 9.17) is 5.11 Å². The minimum absolute atomic E-state index is 0.0833. The molecule has 0 aliphatic heterocycles. The molecule has 1 aromatic heterocycles. The van der Waals surface area contributed by atoms with Gasteiger partial charge < -0.3 is 10.2 Å². The Hall–Kier alpha value is -0.460. The van der Waals surface area contributed by atoms with Crippen molar-refractivity contribution in [2.75, 3.05) is 6.61 Å². The van der Waals surface area contributed by atoms with Crippen LogP contribution in [0.5, 0.6) is 0 Å². The Balaban J connectivity index is 2.69. The van der Waals surface area contributed by atoms with Crippen molar-refractivity contribution in [3.05, 3.63) is 10.3 Å². The Labute approximate surface area is 84.5 Å². The Morgan fingerprint density at radius 1 is 1.62 bits per heavy atom. The molecule has 5 nitrogen and oxygen atoms in total. The molecule has 2 N–H and O–H groups in total. The maximum absolute atomic E-state index is 9.66. The van der Waals surface area contributed by atoms with Gasteiger partial charge in [0.05, 0.1) is 6.10 Å². The van der Waals surface area contributed by atoms with Crippen molar-refractivity contribution in [3.63, 3.8) is 0 Å². The lowest BCUT2D eigenvalue weighted by Gasteiger charge is -2.09. The summed E-state index contributed by atoms with van der Waals surface area (Å²) in [5.74, 6) is 0. The van der Waals surface area contributed by atoms with Crippen LogP contribution >= 0.6 is 15.9 Å². The smallest absolute Gasteiger partial charge is 0.154 e. The van der Waals surface area contributed by atoms with Gasteiger partial charge in [0, 0.05) is 13.7 Å². The second-order valence-electron chi connectivity index (χ2n) is 2.77. The summed E-state index contributed by atoms with van der Waals surface area (Å²) in [6.45, 7) is 0.0833. The Morgan fingerprint density at radius 2 is 2.31 bits per heavy atom. The van der Waals surface area contributed by atoms with E-state index in [0.717, 1.165) is 0 Å². The van der Waals surface area contributed by atoms with Crippen LogP contribution in [0.1, 0.15) is 24.6 Å². The average molecular weight is 250 g/mol. The van der Waals surface area contributed by atoms with E-state index < -0.39 is 6.10 Å². The van der Waals surface area contributed by atoms with Gasteiger partial charge >= 0.3 is 0 Å². The predicted octanol–water partition coefficient (Wildman–Crippen LogP) is 0.384. The molecule has 0 aromatic carbocycles. The minimum atomic E-state index is -0.624. The number of halogens is 1. The third kappa shape index (κ3) is 2.49. The molecule has 13 heavy (non-hydrogen) atoms. The number of aromatic nitrogens is 3. The first-order chi connectivity index (χ1) is 6.16. The maximum atomic E-state index is 9.66. The zero-order chi connectivity index (χ0) is 9.84. The lowest BCUT2D eigenvalue weighted by atomic mass is 10.1. The summed E-state index contributed by atoms with van der Waals surface area (Å²) < 4.78 is 2.08. The van der Waals surface area contributed by atoms with Crippen LogP contribution in [0, 0.1) is 0 Å². The number of rotatable bonds is 4. The van der Waals surface area contributed by atoms with Crippen molar-refractivity contribution in [2.24, 2.45) is 7.05 Å². The highest BCUT2D eigenvalue weighted by molar-refractivity contribution is 9.10. The molecule has 0 aliphatic rings. The molecule has 74 valence electrons. The molecule has 1 rings (SSSR count). The van der Waals surface area contributed by atoms with Crippen LogP contribution in [0.3, 0.4) is 0 Å². The van der Waals surface area contributed by atoms with Crippen LogP contribution in [0.15, 0.2) is 4.60 Å². The molecule has 1 atom stereocenters. The van der Waals surface area contributed by atoms with Crippen molar-refractivity contribution < 1.29 is 10.2 Å². The molecule has 0 aliphatic carbocycles. The SMILES string of the molecule is Cn1nnc(Br)c1C(O)CCCO. The van der Waals surface area contributed by atoms with E-state index in [-0.39, 0.29) is 6.61 Å². The van der Waals surface area contributed by atoms with Crippen molar-refractivity contribution in [1.82, 2.24) is 15.0 Å². The summed E-state index contributed by atoms with van der Waals surface area (Å²) in [7, 11) is 1.72. The summed E-state index contributed by atoms with van der Waals surface area (Å²) in [4.78, 5) is 0. The van der Waals surface area contributed by atoms with E-state index in [2.05, 4.69) is 26.2 Å². The highest BCUT2D eigenvalue weighted by Crippen LogP contribution is 2.23. The molecule has 0 spiro atoms. The molecule has 1 unspecified atom stereocenters. The van der Waals surface area contributed by atoms with Crippen molar-refractivity contribution in [3.8, 4) is 0 Å². The molecule has 0 saturated carbocycles. The lowest BCUT2D eigenvalue weighted by molar-refractivity contribution is 0.143. The van der Waals surface area contributed by atoms with Crippen LogP contribution < -0.4 is 0 Å². The third-order valence-corrected chi connectivity index (χ3v) is 2.34. The van der Waals surface area contributed by atoms with E-state index in [1.807, 2.05) is 0 Å². The highest BCUT2D eigenvalue weighted by Gasteiger charge is 2.16. The fourth-order valence-corrected chi connectivity index (χ4v) is 1.71. The highest BCUT2D eigenvalue weighted by atomic mass is 79.9. The molecule has 6 heteroatoms. The summed E-state index contributed by atoms with van der Waals surface area (Å²) >= 11 is 3.19. The van der Waals surface area contributed by atoms with E-state index in [1.165, 1.54) is 4.68 Å². The molecular formula is C7H12BrN3O2. The zero-order valence-corrected chi connectivity index (χ0v) is 8.90. The summed E-state index contributed by atoms with van der Waals surface area (Å²) in [5.41, 5.74) is 0.647. The number of hydrogen-bond donors (Lipinski definition) is 2. The fourth-order valence-electron chi connectivity index (χ4n) is 1.11. The average Bonchev–Trinajstić information content (AvgIpc) is 2.42. The third-order valence-electron chi connectivity index (χ3n) is 1.78. The molecule has 1 heterocycles. The first-order valence-electron chi connectivity index (χ1n) is 4.00. The normalized spacial score (nSPS) is 13.2. The first-order valence-corrected chi connectivity index (χ1v) is 4.80. The second-order valence-corrected chi connectivity index (χ2v) is 3.52. The van der Waals surface area contributed by atoms with Gasteiger partial charge in [-0.1, -0.05) is 5.21 Å². The van der Waals surface area contributed by atoms with Crippen LogP contribution in [0.25, 0.3) is 0 Å². The molecule has 0 bridgehead atoms. The van der Waals surface area contributed by atoms with Gasteiger partial charge in [-0.3, -0.25) is 0 Å². The van der Waals surface area contributed by atoms with Crippen LogP contribution in [0.2, 0.25) is 0 Å². The summed E-state index contributed by atoms with van der Waals surface area (Å²) in [5, 5.41) is 25.7. The van der Waals surface area contributed by atoms with Crippen molar-refractivity contribution in [2.45, 2.75) is 18.9 Å². The molecule has 0 saturated heterocycles. The van der Waals surface area contributed by atoms with Gasteiger partial charge in [-0.2, -0.15) is 0 Å². The topological polar surface area (TPSA) is 71.2 Å².